The SMILES string of the molecule is CCc1cccc2sc(N3CCN(C(=O)c4ccc(S(=O)(=O)N5CCCC(C)C5)cc4)CC3)nc12. The first-order valence-corrected chi connectivity index (χ1v) is 14.7. The number of para-hydroxylation sites is 1. The smallest absolute Gasteiger partial charge is 0.253 e. The van der Waals surface area contributed by atoms with Gasteiger partial charge in [0.25, 0.3) is 5.91 Å². The summed E-state index contributed by atoms with van der Waals surface area (Å²) in [7, 11) is -3.52. The molecule has 2 saturated heterocycles. The summed E-state index contributed by atoms with van der Waals surface area (Å²) >= 11 is 1.71. The number of fused-ring (bicyclic) bond motifs is 1. The van der Waals surface area contributed by atoms with Crippen molar-refractivity contribution in [3.63, 3.8) is 0 Å². The van der Waals surface area contributed by atoms with Gasteiger partial charge in [-0.3, -0.25) is 4.79 Å². The van der Waals surface area contributed by atoms with Crippen molar-refractivity contribution in [2.75, 3.05) is 44.2 Å². The van der Waals surface area contributed by atoms with Gasteiger partial charge in [-0.25, -0.2) is 13.4 Å². The molecule has 0 saturated carbocycles. The Balaban J connectivity index is 1.23. The molecular weight excluding hydrogens is 480 g/mol. The zero-order valence-corrected chi connectivity index (χ0v) is 21.9. The van der Waals surface area contributed by atoms with Crippen LogP contribution in [0.4, 0.5) is 5.13 Å². The zero-order chi connectivity index (χ0) is 24.6. The number of rotatable bonds is 5. The molecule has 2 aliphatic rings. The Hall–Kier alpha value is -2.49. The maximum absolute atomic E-state index is 13.1. The number of hydrogen-bond acceptors (Lipinski definition) is 6. The molecule has 0 radical (unpaired) electrons. The number of piperazine rings is 1. The third kappa shape index (κ3) is 4.81. The molecule has 0 aliphatic carbocycles. The van der Waals surface area contributed by atoms with Crippen LogP contribution in [0.25, 0.3) is 10.2 Å². The van der Waals surface area contributed by atoms with Crippen molar-refractivity contribution in [2.45, 2.75) is 38.0 Å². The van der Waals surface area contributed by atoms with E-state index in [9.17, 15) is 13.2 Å². The Bertz CT molecular complexity index is 1310. The number of benzene rings is 2. The Morgan fingerprint density at radius 2 is 1.80 bits per heavy atom. The van der Waals surface area contributed by atoms with Crippen LogP contribution in [-0.2, 0) is 16.4 Å². The van der Waals surface area contributed by atoms with Crippen LogP contribution >= 0.6 is 11.3 Å². The number of aromatic nitrogens is 1. The fourth-order valence-corrected chi connectivity index (χ4v) is 7.64. The molecule has 1 amide bonds. The quantitative estimate of drug-likeness (QED) is 0.511. The molecule has 1 unspecified atom stereocenters. The molecule has 2 aliphatic heterocycles. The van der Waals surface area contributed by atoms with Gasteiger partial charge >= 0.3 is 0 Å². The highest BCUT2D eigenvalue weighted by Gasteiger charge is 2.29. The van der Waals surface area contributed by atoms with Crippen LogP contribution in [0.1, 0.15) is 42.6 Å². The number of sulfonamides is 1. The van der Waals surface area contributed by atoms with E-state index in [1.807, 2.05) is 4.90 Å². The van der Waals surface area contributed by atoms with Gasteiger partial charge in [-0.2, -0.15) is 4.31 Å². The minimum absolute atomic E-state index is 0.0576. The van der Waals surface area contributed by atoms with Crippen LogP contribution in [-0.4, -0.2) is 67.8 Å². The van der Waals surface area contributed by atoms with E-state index in [1.165, 1.54) is 10.3 Å². The summed E-state index contributed by atoms with van der Waals surface area (Å²) in [4.78, 5) is 22.4. The summed E-state index contributed by atoms with van der Waals surface area (Å²) in [6.45, 7) is 8.03. The van der Waals surface area contributed by atoms with Gasteiger partial charge in [0.05, 0.1) is 15.1 Å². The first-order chi connectivity index (χ1) is 16.9. The summed E-state index contributed by atoms with van der Waals surface area (Å²) in [6.07, 6.45) is 2.91. The molecule has 2 fully saturated rings. The zero-order valence-electron chi connectivity index (χ0n) is 20.3. The number of hydrogen-bond donors (Lipinski definition) is 0. The maximum Gasteiger partial charge on any atom is 0.253 e. The average molecular weight is 513 g/mol. The Morgan fingerprint density at radius 1 is 1.06 bits per heavy atom. The molecule has 5 rings (SSSR count). The second-order valence-electron chi connectivity index (χ2n) is 9.53. The number of carbonyl (C=O) groups excluding carboxylic acids is 1. The predicted octanol–water partition coefficient (Wildman–Crippen LogP) is 4.24. The van der Waals surface area contributed by atoms with E-state index < -0.39 is 10.0 Å². The molecular formula is C26H32N4O3S2. The van der Waals surface area contributed by atoms with Crippen LogP contribution in [0.2, 0.25) is 0 Å². The summed E-state index contributed by atoms with van der Waals surface area (Å²) in [5.74, 6) is 0.312. The van der Waals surface area contributed by atoms with Gasteiger partial charge in [0.15, 0.2) is 5.13 Å². The Labute approximate surface area is 211 Å². The van der Waals surface area contributed by atoms with E-state index in [-0.39, 0.29) is 10.8 Å². The van der Waals surface area contributed by atoms with E-state index in [4.69, 9.17) is 4.98 Å². The van der Waals surface area contributed by atoms with E-state index in [0.29, 0.717) is 37.7 Å². The van der Waals surface area contributed by atoms with Gasteiger partial charge in [-0.05, 0) is 61.1 Å². The number of amides is 1. The molecule has 1 aromatic heterocycles. The van der Waals surface area contributed by atoms with Gasteiger partial charge in [-0.15, -0.1) is 0 Å². The highest BCUT2D eigenvalue weighted by molar-refractivity contribution is 7.89. The monoisotopic (exact) mass is 512 g/mol. The number of aryl methyl sites for hydroxylation is 1. The first kappa shape index (κ1) is 24.2. The molecule has 9 heteroatoms. The van der Waals surface area contributed by atoms with E-state index in [2.05, 4.69) is 36.9 Å². The molecule has 7 nitrogen and oxygen atoms in total. The third-order valence-corrected chi connectivity index (χ3v) is 10.0. The number of carbonyl (C=O) groups is 1. The van der Waals surface area contributed by atoms with Crippen molar-refractivity contribution >= 4 is 42.6 Å². The number of nitrogens with zero attached hydrogens (tertiary/aromatic N) is 4. The van der Waals surface area contributed by atoms with Gasteiger partial charge in [0.1, 0.15) is 0 Å². The van der Waals surface area contributed by atoms with E-state index in [1.54, 1.807) is 39.9 Å². The topological polar surface area (TPSA) is 73.8 Å². The molecule has 3 heterocycles. The fraction of sp³-hybridized carbons (Fsp3) is 0.462. The average Bonchev–Trinajstić information content (AvgIpc) is 3.33. The first-order valence-electron chi connectivity index (χ1n) is 12.4. The molecule has 0 spiro atoms. The van der Waals surface area contributed by atoms with Crippen molar-refractivity contribution in [2.24, 2.45) is 5.92 Å². The molecule has 3 aromatic rings. The number of anilines is 1. The van der Waals surface area contributed by atoms with Crippen LogP contribution in [0.15, 0.2) is 47.4 Å². The summed E-state index contributed by atoms with van der Waals surface area (Å²) in [5, 5.41) is 1.01. The van der Waals surface area contributed by atoms with Crippen LogP contribution in [0.3, 0.4) is 0 Å². The van der Waals surface area contributed by atoms with Gasteiger partial charge in [0.2, 0.25) is 10.0 Å². The summed E-state index contributed by atoms with van der Waals surface area (Å²) in [5.41, 5.74) is 2.87. The van der Waals surface area contributed by atoms with Gasteiger partial charge < -0.3 is 9.80 Å². The van der Waals surface area contributed by atoms with Crippen molar-refractivity contribution in [3.8, 4) is 0 Å². The van der Waals surface area contributed by atoms with E-state index >= 15 is 0 Å². The van der Waals surface area contributed by atoms with Crippen LogP contribution in [0.5, 0.6) is 0 Å². The number of piperidine rings is 1. The third-order valence-electron chi connectivity index (χ3n) is 7.07. The van der Waals surface area contributed by atoms with Crippen molar-refractivity contribution < 1.29 is 13.2 Å². The molecule has 35 heavy (non-hydrogen) atoms. The molecule has 186 valence electrons. The second-order valence-corrected chi connectivity index (χ2v) is 12.5. The van der Waals surface area contributed by atoms with Crippen molar-refractivity contribution in [3.05, 3.63) is 53.6 Å². The molecule has 0 bridgehead atoms. The summed E-state index contributed by atoms with van der Waals surface area (Å²) < 4.78 is 28.8. The van der Waals surface area contributed by atoms with E-state index in [0.717, 1.165) is 43.0 Å². The lowest BCUT2D eigenvalue weighted by Gasteiger charge is -2.34. The lowest BCUT2D eigenvalue weighted by Crippen LogP contribution is -2.48. The van der Waals surface area contributed by atoms with Crippen LogP contribution < -0.4 is 4.90 Å². The minimum Gasteiger partial charge on any atom is -0.345 e. The Morgan fingerprint density at radius 3 is 2.49 bits per heavy atom. The Kier molecular flexibility index (Phi) is 6.83. The minimum atomic E-state index is -3.52. The number of thiazole rings is 1. The maximum atomic E-state index is 13.1. The lowest BCUT2D eigenvalue weighted by atomic mass is 10.0. The van der Waals surface area contributed by atoms with Gasteiger partial charge in [0, 0.05) is 44.8 Å². The molecule has 2 aromatic carbocycles. The standard InChI is InChI=1S/C26H32N4O3S2/c1-3-20-7-4-8-23-24(20)27-26(34-23)29-16-14-28(15-17-29)25(31)21-9-11-22(12-10-21)35(32,33)30-13-5-6-19(2)18-30/h4,7-12,19H,3,5-6,13-18H2,1-2H3. The molecule has 0 N–H and O–H groups in total. The van der Waals surface area contributed by atoms with Crippen molar-refractivity contribution in [1.82, 2.24) is 14.2 Å². The lowest BCUT2D eigenvalue weighted by molar-refractivity contribution is 0.0746. The second kappa shape index (κ2) is 9.87. The molecule has 1 atom stereocenters. The van der Waals surface area contributed by atoms with Gasteiger partial charge in [-0.1, -0.05) is 37.3 Å². The highest BCUT2D eigenvalue weighted by Crippen LogP contribution is 2.31. The normalized spacial score (nSPS) is 19.9. The highest BCUT2D eigenvalue weighted by atomic mass is 32.2. The van der Waals surface area contributed by atoms with Crippen LogP contribution in [0, 0.1) is 5.92 Å². The van der Waals surface area contributed by atoms with Crippen molar-refractivity contribution in [1.29, 1.82) is 0 Å². The largest absolute Gasteiger partial charge is 0.345 e. The summed E-state index contributed by atoms with van der Waals surface area (Å²) in [6, 6.07) is 12.8. The predicted molar refractivity (Wildman–Crippen MR) is 141 cm³/mol. The fourth-order valence-electron chi connectivity index (χ4n) is 4.98.